The van der Waals surface area contributed by atoms with Gasteiger partial charge in [0.15, 0.2) is 0 Å². The van der Waals surface area contributed by atoms with Gasteiger partial charge in [-0.15, -0.1) is 0 Å². The Hall–Kier alpha value is -0.600. The van der Waals surface area contributed by atoms with E-state index in [4.69, 9.17) is 4.74 Å². The van der Waals surface area contributed by atoms with Gasteiger partial charge in [-0.2, -0.15) is 0 Å². The minimum Gasteiger partial charge on any atom is -0.381 e. The summed E-state index contributed by atoms with van der Waals surface area (Å²) in [5, 5.41) is 0. The molecule has 0 spiro atoms. The minimum absolute atomic E-state index is 0.667. The third kappa shape index (κ3) is 20.0. The van der Waals surface area contributed by atoms with Crippen LogP contribution in [-0.2, 0) is 4.74 Å². The van der Waals surface area contributed by atoms with E-state index < -0.39 is 0 Å². The molecule has 160 valence electrons. The summed E-state index contributed by atoms with van der Waals surface area (Å²) in [6.45, 7) is 6.37. The molecular weight excluding hydrogens is 330 g/mol. The van der Waals surface area contributed by atoms with Crippen LogP contribution < -0.4 is 0 Å². The highest BCUT2D eigenvalue weighted by atomic mass is 16.5. The van der Waals surface area contributed by atoms with Crippen molar-refractivity contribution < 1.29 is 4.74 Å². The van der Waals surface area contributed by atoms with E-state index in [-0.39, 0.29) is 0 Å². The average Bonchev–Trinajstić information content (AvgIpc) is 2.66. The Bertz CT molecular complexity index is 335. The van der Waals surface area contributed by atoms with Crippen LogP contribution in [-0.4, -0.2) is 38.3 Å². The summed E-state index contributed by atoms with van der Waals surface area (Å²) in [6, 6.07) is 0.667. The molecule has 2 heteroatoms. The molecule has 0 radical (unpaired) electrons. The maximum absolute atomic E-state index is 5.79. The smallest absolute Gasteiger partial charge is 0.0480 e. The van der Waals surface area contributed by atoms with Crippen molar-refractivity contribution in [3.05, 3.63) is 24.3 Å². The third-order valence-corrected chi connectivity index (χ3v) is 5.29. The maximum Gasteiger partial charge on any atom is 0.0480 e. The second-order valence-electron chi connectivity index (χ2n) is 8.01. The zero-order valence-corrected chi connectivity index (χ0v) is 19.1. The first kappa shape index (κ1) is 26.4. The van der Waals surface area contributed by atoms with Crippen molar-refractivity contribution in [1.29, 1.82) is 0 Å². The summed E-state index contributed by atoms with van der Waals surface area (Å²) < 4.78 is 5.79. The highest BCUT2D eigenvalue weighted by molar-refractivity contribution is 4.92. The van der Waals surface area contributed by atoms with Gasteiger partial charge in [-0.3, -0.25) is 0 Å². The topological polar surface area (TPSA) is 12.5 Å². The Morgan fingerprint density at radius 1 is 0.704 bits per heavy atom. The normalized spacial score (nSPS) is 13.4. The molecule has 0 amide bonds. The molecule has 0 aromatic rings. The van der Waals surface area contributed by atoms with Gasteiger partial charge in [0.2, 0.25) is 0 Å². The zero-order valence-electron chi connectivity index (χ0n) is 19.1. The van der Waals surface area contributed by atoms with Crippen LogP contribution in [0, 0.1) is 0 Å². The van der Waals surface area contributed by atoms with Crippen LogP contribution in [0.1, 0.15) is 104 Å². The van der Waals surface area contributed by atoms with E-state index in [2.05, 4.69) is 57.1 Å². The summed E-state index contributed by atoms with van der Waals surface area (Å²) >= 11 is 0. The lowest BCUT2D eigenvalue weighted by Gasteiger charge is -2.22. The van der Waals surface area contributed by atoms with Crippen LogP contribution in [0.15, 0.2) is 24.3 Å². The average molecular weight is 380 g/mol. The lowest BCUT2D eigenvalue weighted by Crippen LogP contribution is -2.28. The molecule has 0 aliphatic heterocycles. The highest BCUT2D eigenvalue weighted by Crippen LogP contribution is 2.09. The van der Waals surface area contributed by atoms with Crippen molar-refractivity contribution in [3.8, 4) is 0 Å². The van der Waals surface area contributed by atoms with Gasteiger partial charge in [0.25, 0.3) is 0 Å². The fourth-order valence-corrected chi connectivity index (χ4v) is 3.34. The number of allylic oxidation sites excluding steroid dienone is 4. The van der Waals surface area contributed by atoms with E-state index in [0.29, 0.717) is 6.04 Å². The van der Waals surface area contributed by atoms with Crippen LogP contribution in [0.2, 0.25) is 0 Å². The highest BCUT2D eigenvalue weighted by Gasteiger charge is 2.07. The number of rotatable bonds is 20. The minimum atomic E-state index is 0.667. The lowest BCUT2D eigenvalue weighted by molar-refractivity contribution is 0.106. The summed E-state index contributed by atoms with van der Waals surface area (Å²) in [5.74, 6) is 0. The molecule has 27 heavy (non-hydrogen) atoms. The Kier molecular flexibility index (Phi) is 21.2. The van der Waals surface area contributed by atoms with Gasteiger partial charge in [0.05, 0.1) is 0 Å². The molecule has 0 aliphatic carbocycles. The van der Waals surface area contributed by atoms with Crippen molar-refractivity contribution in [2.45, 2.75) is 110 Å². The number of unbranched alkanes of at least 4 members (excludes halogenated alkanes) is 9. The van der Waals surface area contributed by atoms with Crippen LogP contribution in [0.25, 0.3) is 0 Å². The quantitative estimate of drug-likeness (QED) is 0.160. The van der Waals surface area contributed by atoms with Gasteiger partial charge in [-0.1, -0.05) is 76.7 Å². The fraction of sp³-hybridized carbons (Fsp3) is 0.840. The molecule has 0 N–H and O–H groups in total. The van der Waals surface area contributed by atoms with Crippen LogP contribution >= 0.6 is 0 Å². The molecule has 0 saturated heterocycles. The predicted molar refractivity (Wildman–Crippen MR) is 123 cm³/mol. The first-order chi connectivity index (χ1) is 13.2. The second kappa shape index (κ2) is 21.7. The largest absolute Gasteiger partial charge is 0.381 e. The second-order valence-corrected chi connectivity index (χ2v) is 8.01. The van der Waals surface area contributed by atoms with E-state index in [0.717, 1.165) is 26.1 Å². The van der Waals surface area contributed by atoms with Crippen molar-refractivity contribution in [3.63, 3.8) is 0 Å². The van der Waals surface area contributed by atoms with Gasteiger partial charge in [-0.05, 0) is 65.5 Å². The lowest BCUT2D eigenvalue weighted by atomic mass is 10.1. The Morgan fingerprint density at radius 2 is 1.30 bits per heavy atom. The van der Waals surface area contributed by atoms with Gasteiger partial charge < -0.3 is 9.64 Å². The molecule has 1 atom stereocenters. The Balaban J connectivity index is 3.23. The molecule has 0 aromatic carbocycles. The van der Waals surface area contributed by atoms with E-state index >= 15 is 0 Å². The predicted octanol–water partition coefficient (Wildman–Crippen LogP) is 7.55. The van der Waals surface area contributed by atoms with Crippen LogP contribution in [0.3, 0.4) is 0 Å². The number of ether oxygens (including phenoxy) is 1. The standard InChI is InChI=1S/C25H49NO/c1-5-7-8-9-10-11-12-13-14-15-16-17-18-19-20-21-23-27-24-22-25(6-2)26(3)4/h10-11,13-14,25H,5-9,12,15-24H2,1-4H3/b11-10-,14-13-. The maximum atomic E-state index is 5.79. The monoisotopic (exact) mass is 379 g/mol. The number of hydrogen-bond acceptors (Lipinski definition) is 2. The van der Waals surface area contributed by atoms with Crippen LogP contribution in [0.4, 0.5) is 0 Å². The Morgan fingerprint density at radius 3 is 1.89 bits per heavy atom. The van der Waals surface area contributed by atoms with Gasteiger partial charge in [-0.25, -0.2) is 0 Å². The molecular formula is C25H49NO. The Labute approximate surface area is 171 Å². The molecule has 0 rings (SSSR count). The molecule has 0 bridgehead atoms. The molecule has 1 unspecified atom stereocenters. The summed E-state index contributed by atoms with van der Waals surface area (Å²) in [6.07, 6.45) is 27.4. The molecule has 0 aromatic heterocycles. The summed E-state index contributed by atoms with van der Waals surface area (Å²) in [5.41, 5.74) is 0. The number of nitrogens with zero attached hydrogens (tertiary/aromatic N) is 1. The van der Waals surface area contributed by atoms with E-state index in [1.807, 2.05) is 0 Å². The molecule has 0 aliphatic rings. The van der Waals surface area contributed by atoms with Crippen molar-refractivity contribution >= 4 is 0 Å². The van der Waals surface area contributed by atoms with E-state index in [9.17, 15) is 0 Å². The van der Waals surface area contributed by atoms with Gasteiger partial charge >= 0.3 is 0 Å². The fourth-order valence-electron chi connectivity index (χ4n) is 3.34. The van der Waals surface area contributed by atoms with Crippen molar-refractivity contribution in [1.82, 2.24) is 4.90 Å². The SMILES string of the molecule is CCCCC/C=C\C/C=C\CCCCCCCCOCCC(CC)N(C)C. The van der Waals surface area contributed by atoms with Crippen molar-refractivity contribution in [2.75, 3.05) is 27.3 Å². The molecule has 0 heterocycles. The first-order valence-corrected chi connectivity index (χ1v) is 11.8. The number of hydrogen-bond donors (Lipinski definition) is 0. The third-order valence-electron chi connectivity index (χ3n) is 5.29. The molecule has 0 fully saturated rings. The van der Waals surface area contributed by atoms with Gasteiger partial charge in [0.1, 0.15) is 0 Å². The molecule has 2 nitrogen and oxygen atoms in total. The van der Waals surface area contributed by atoms with E-state index in [1.54, 1.807) is 0 Å². The molecule has 0 saturated carbocycles. The van der Waals surface area contributed by atoms with Gasteiger partial charge in [0, 0.05) is 19.3 Å². The summed E-state index contributed by atoms with van der Waals surface area (Å²) in [4.78, 5) is 2.31. The first-order valence-electron chi connectivity index (χ1n) is 11.8. The zero-order chi connectivity index (χ0) is 20.0. The van der Waals surface area contributed by atoms with Crippen molar-refractivity contribution in [2.24, 2.45) is 0 Å². The van der Waals surface area contributed by atoms with E-state index in [1.165, 1.54) is 77.0 Å². The van der Waals surface area contributed by atoms with Crippen LogP contribution in [0.5, 0.6) is 0 Å². The summed E-state index contributed by atoms with van der Waals surface area (Å²) in [7, 11) is 4.33.